The highest BCUT2D eigenvalue weighted by molar-refractivity contribution is 7.89. The number of aryl methyl sites for hydroxylation is 1. The lowest BCUT2D eigenvalue weighted by atomic mass is 10.2. The highest BCUT2D eigenvalue weighted by atomic mass is 32.2. The van der Waals surface area contributed by atoms with Gasteiger partial charge in [-0.1, -0.05) is 0 Å². The summed E-state index contributed by atoms with van der Waals surface area (Å²) in [4.78, 5) is 6.83. The summed E-state index contributed by atoms with van der Waals surface area (Å²) in [5, 5.41) is 4.32. The van der Waals surface area contributed by atoms with Gasteiger partial charge in [0.15, 0.2) is 0 Å². The van der Waals surface area contributed by atoms with Crippen LogP contribution in [0.2, 0.25) is 0 Å². The molecule has 2 saturated heterocycles. The van der Waals surface area contributed by atoms with Crippen molar-refractivity contribution in [3.8, 4) is 0 Å². The molecule has 2 fully saturated rings. The predicted molar refractivity (Wildman–Crippen MR) is 101 cm³/mol. The molecule has 146 valence electrons. The summed E-state index contributed by atoms with van der Waals surface area (Å²) in [6, 6.07) is 3.46. The van der Waals surface area contributed by atoms with E-state index in [1.807, 2.05) is 24.0 Å². The van der Waals surface area contributed by atoms with Crippen molar-refractivity contribution in [1.82, 2.24) is 19.1 Å². The zero-order valence-corrected chi connectivity index (χ0v) is 16.3. The van der Waals surface area contributed by atoms with E-state index in [2.05, 4.69) is 15.0 Å². The number of hydrogen-bond acceptors (Lipinski definition) is 6. The van der Waals surface area contributed by atoms with Gasteiger partial charge in [-0.3, -0.25) is 4.68 Å². The Hall–Kier alpha value is -1.97. The number of pyridine rings is 1. The van der Waals surface area contributed by atoms with E-state index in [0.717, 1.165) is 30.8 Å². The molecule has 8 nitrogen and oxygen atoms in total. The van der Waals surface area contributed by atoms with Gasteiger partial charge in [0.1, 0.15) is 10.7 Å². The minimum Gasteiger partial charge on any atom is -0.373 e. The van der Waals surface area contributed by atoms with Crippen LogP contribution in [0.4, 0.5) is 5.82 Å². The summed E-state index contributed by atoms with van der Waals surface area (Å²) in [6.45, 7) is 5.94. The van der Waals surface area contributed by atoms with Gasteiger partial charge >= 0.3 is 0 Å². The third kappa shape index (κ3) is 3.99. The van der Waals surface area contributed by atoms with Gasteiger partial charge in [0.25, 0.3) is 0 Å². The Morgan fingerprint density at radius 3 is 2.67 bits per heavy atom. The van der Waals surface area contributed by atoms with Crippen LogP contribution in [0.5, 0.6) is 0 Å². The van der Waals surface area contributed by atoms with Gasteiger partial charge in [-0.2, -0.15) is 9.40 Å². The SMILES string of the molecule is Cc1cnn(CC2CN(c3ccc(S(=O)(=O)N4CCCC4)cn3)CCO2)c1. The van der Waals surface area contributed by atoms with Crippen LogP contribution in [0.3, 0.4) is 0 Å². The van der Waals surface area contributed by atoms with E-state index in [1.165, 1.54) is 6.20 Å². The minimum atomic E-state index is -3.42. The first-order chi connectivity index (χ1) is 13.0. The first kappa shape index (κ1) is 18.4. The largest absolute Gasteiger partial charge is 0.373 e. The van der Waals surface area contributed by atoms with E-state index in [1.54, 1.807) is 16.4 Å². The van der Waals surface area contributed by atoms with E-state index in [0.29, 0.717) is 32.8 Å². The van der Waals surface area contributed by atoms with Crippen LogP contribution >= 0.6 is 0 Å². The lowest BCUT2D eigenvalue weighted by Gasteiger charge is -2.33. The van der Waals surface area contributed by atoms with Crippen molar-refractivity contribution >= 4 is 15.8 Å². The lowest BCUT2D eigenvalue weighted by molar-refractivity contribution is 0.0272. The second-order valence-corrected chi connectivity index (χ2v) is 9.08. The van der Waals surface area contributed by atoms with Crippen LogP contribution in [0.15, 0.2) is 35.6 Å². The Labute approximate surface area is 159 Å². The molecular formula is C18H25N5O3S. The van der Waals surface area contributed by atoms with E-state index >= 15 is 0 Å². The number of ether oxygens (including phenoxy) is 1. The molecule has 1 atom stereocenters. The molecule has 0 saturated carbocycles. The van der Waals surface area contributed by atoms with Gasteiger partial charge in [0.05, 0.1) is 25.5 Å². The Bertz CT molecular complexity index is 875. The topological polar surface area (TPSA) is 80.6 Å². The molecule has 2 aromatic heterocycles. The molecule has 4 heterocycles. The number of rotatable bonds is 5. The molecular weight excluding hydrogens is 366 g/mol. The molecule has 0 bridgehead atoms. The molecule has 0 radical (unpaired) electrons. The van der Waals surface area contributed by atoms with Crippen LogP contribution in [0.25, 0.3) is 0 Å². The molecule has 0 aliphatic carbocycles. The average molecular weight is 391 g/mol. The summed E-state index contributed by atoms with van der Waals surface area (Å²) in [5.74, 6) is 0.778. The number of hydrogen-bond donors (Lipinski definition) is 0. The van der Waals surface area contributed by atoms with Gasteiger partial charge < -0.3 is 9.64 Å². The Balaban J connectivity index is 1.43. The molecule has 0 N–H and O–H groups in total. The fourth-order valence-corrected chi connectivity index (χ4v) is 5.07. The fourth-order valence-electron chi connectivity index (χ4n) is 3.60. The summed E-state index contributed by atoms with van der Waals surface area (Å²) in [5.41, 5.74) is 1.12. The highest BCUT2D eigenvalue weighted by Gasteiger charge is 2.28. The van der Waals surface area contributed by atoms with Crippen LogP contribution in [0, 0.1) is 6.92 Å². The zero-order valence-electron chi connectivity index (χ0n) is 15.5. The van der Waals surface area contributed by atoms with Gasteiger partial charge in [-0.25, -0.2) is 13.4 Å². The van der Waals surface area contributed by atoms with Crippen molar-refractivity contribution in [2.24, 2.45) is 0 Å². The molecule has 0 amide bonds. The summed E-state index contributed by atoms with van der Waals surface area (Å²) in [7, 11) is -3.42. The van der Waals surface area contributed by atoms with Crippen molar-refractivity contribution < 1.29 is 13.2 Å². The minimum absolute atomic E-state index is 0.0212. The highest BCUT2D eigenvalue weighted by Crippen LogP contribution is 2.23. The van der Waals surface area contributed by atoms with Crippen molar-refractivity contribution in [2.75, 3.05) is 37.7 Å². The number of anilines is 1. The summed E-state index contributed by atoms with van der Waals surface area (Å²) >= 11 is 0. The molecule has 9 heteroatoms. The Kier molecular flexibility index (Phi) is 5.16. The number of sulfonamides is 1. The first-order valence-corrected chi connectivity index (χ1v) is 10.8. The van der Waals surface area contributed by atoms with E-state index in [-0.39, 0.29) is 11.0 Å². The van der Waals surface area contributed by atoms with Gasteiger partial charge in [-0.15, -0.1) is 0 Å². The lowest BCUT2D eigenvalue weighted by Crippen LogP contribution is -2.44. The molecule has 2 aliphatic heterocycles. The zero-order chi connectivity index (χ0) is 18.9. The maximum absolute atomic E-state index is 12.6. The second-order valence-electron chi connectivity index (χ2n) is 7.14. The van der Waals surface area contributed by atoms with Crippen molar-refractivity contribution in [2.45, 2.75) is 37.3 Å². The molecule has 2 aromatic rings. The third-order valence-corrected chi connectivity index (χ3v) is 6.92. The van der Waals surface area contributed by atoms with Gasteiger partial charge in [0, 0.05) is 38.6 Å². The number of aromatic nitrogens is 3. The first-order valence-electron chi connectivity index (χ1n) is 9.34. The summed E-state index contributed by atoms with van der Waals surface area (Å²) in [6.07, 6.45) is 7.18. The molecule has 27 heavy (non-hydrogen) atoms. The molecule has 4 rings (SSSR count). The second kappa shape index (κ2) is 7.57. The number of morpholine rings is 1. The Morgan fingerprint density at radius 1 is 1.19 bits per heavy atom. The average Bonchev–Trinajstić information content (AvgIpc) is 3.34. The Morgan fingerprint density at radius 2 is 2.00 bits per heavy atom. The normalized spacial score (nSPS) is 21.7. The van der Waals surface area contributed by atoms with Crippen molar-refractivity contribution in [3.05, 3.63) is 36.3 Å². The maximum atomic E-state index is 12.6. The number of nitrogens with zero attached hydrogens (tertiary/aromatic N) is 5. The molecule has 2 aliphatic rings. The quantitative estimate of drug-likeness (QED) is 0.764. The molecule has 0 aromatic carbocycles. The van der Waals surface area contributed by atoms with Crippen LogP contribution in [0.1, 0.15) is 18.4 Å². The molecule has 0 spiro atoms. The van der Waals surface area contributed by atoms with Crippen LogP contribution in [-0.2, 0) is 21.3 Å². The standard InChI is InChI=1S/C18H25N5O3S/c1-15-10-20-22(12-15)14-16-13-21(8-9-26-16)18-5-4-17(11-19-18)27(24,25)23-6-2-3-7-23/h4-5,10-12,16H,2-3,6-9,13-14H2,1H3. The summed E-state index contributed by atoms with van der Waals surface area (Å²) < 4.78 is 34.5. The fraction of sp³-hybridized carbons (Fsp3) is 0.556. The third-order valence-electron chi connectivity index (χ3n) is 5.04. The van der Waals surface area contributed by atoms with Crippen molar-refractivity contribution in [1.29, 1.82) is 0 Å². The van der Waals surface area contributed by atoms with E-state index in [9.17, 15) is 8.42 Å². The van der Waals surface area contributed by atoms with Gasteiger partial charge in [0.2, 0.25) is 10.0 Å². The van der Waals surface area contributed by atoms with Crippen LogP contribution in [-0.4, -0.2) is 66.4 Å². The monoisotopic (exact) mass is 391 g/mol. The van der Waals surface area contributed by atoms with Crippen LogP contribution < -0.4 is 4.90 Å². The predicted octanol–water partition coefficient (Wildman–Crippen LogP) is 1.28. The molecule has 1 unspecified atom stereocenters. The smallest absolute Gasteiger partial charge is 0.244 e. The van der Waals surface area contributed by atoms with E-state index in [4.69, 9.17) is 4.74 Å². The van der Waals surface area contributed by atoms with Crippen molar-refractivity contribution in [3.63, 3.8) is 0 Å². The maximum Gasteiger partial charge on any atom is 0.244 e. The van der Waals surface area contributed by atoms with Gasteiger partial charge in [-0.05, 0) is 37.5 Å². The van der Waals surface area contributed by atoms with E-state index < -0.39 is 10.0 Å².